The first-order valence-corrected chi connectivity index (χ1v) is 9.06. The Bertz CT molecular complexity index is 1020. The first-order valence-electron chi connectivity index (χ1n) is 9.06. The molecule has 1 saturated heterocycles. The summed E-state index contributed by atoms with van der Waals surface area (Å²) in [7, 11) is -0.388. The van der Waals surface area contributed by atoms with Gasteiger partial charge in [-0.05, 0) is 56.2 Å². The van der Waals surface area contributed by atoms with Crippen LogP contribution in [-0.4, -0.2) is 18.3 Å². The Morgan fingerprint density at radius 1 is 0.692 bits per heavy atom. The Balaban J connectivity index is 1.72. The summed E-state index contributed by atoms with van der Waals surface area (Å²) in [4.78, 5) is 0. The Kier molecular flexibility index (Phi) is 3.14. The number of hydrogen-bond donors (Lipinski definition) is 0. The molecule has 4 heteroatoms. The van der Waals surface area contributed by atoms with E-state index >= 15 is 0 Å². The van der Waals surface area contributed by atoms with Gasteiger partial charge < -0.3 is 14.0 Å². The van der Waals surface area contributed by atoms with E-state index < -0.39 is 0 Å². The van der Waals surface area contributed by atoms with E-state index in [1.165, 1.54) is 5.56 Å². The van der Waals surface area contributed by atoms with Gasteiger partial charge in [0.25, 0.3) is 0 Å². The second kappa shape index (κ2) is 5.12. The summed E-state index contributed by atoms with van der Waals surface area (Å²) in [6.07, 6.45) is 0. The van der Waals surface area contributed by atoms with Crippen molar-refractivity contribution in [3.05, 3.63) is 54.6 Å². The Morgan fingerprint density at radius 2 is 1.38 bits per heavy atom. The summed E-state index contributed by atoms with van der Waals surface area (Å²) in [6.45, 7) is 8.32. The third-order valence-corrected chi connectivity index (χ3v) is 5.94. The van der Waals surface area contributed by atoms with Gasteiger partial charge in [0, 0.05) is 10.9 Å². The third kappa shape index (κ3) is 2.09. The van der Waals surface area contributed by atoms with Gasteiger partial charge in [0.1, 0.15) is 11.5 Å². The van der Waals surface area contributed by atoms with Crippen molar-refractivity contribution in [2.24, 2.45) is 0 Å². The highest BCUT2D eigenvalue weighted by molar-refractivity contribution is 6.65. The second-order valence-electron chi connectivity index (χ2n) is 8.07. The molecule has 0 aliphatic carbocycles. The molecular formula is C22H21BO3. The van der Waals surface area contributed by atoms with Gasteiger partial charge in [0.05, 0.1) is 11.2 Å². The molecule has 0 spiro atoms. The monoisotopic (exact) mass is 344 g/mol. The fourth-order valence-corrected chi connectivity index (χ4v) is 3.78. The minimum Gasteiger partial charge on any atom is -0.456 e. The highest BCUT2D eigenvalue weighted by atomic mass is 16.7. The number of para-hydroxylation sites is 1. The Morgan fingerprint density at radius 3 is 2.15 bits per heavy atom. The predicted molar refractivity (Wildman–Crippen MR) is 105 cm³/mol. The molecule has 26 heavy (non-hydrogen) atoms. The zero-order valence-corrected chi connectivity index (χ0v) is 15.5. The molecule has 0 bridgehead atoms. The average Bonchev–Trinajstić information content (AvgIpc) is 2.83. The molecule has 0 N–H and O–H groups in total. The van der Waals surface area contributed by atoms with Crippen LogP contribution in [0.15, 0.2) is 54.6 Å². The second-order valence-corrected chi connectivity index (χ2v) is 8.07. The van der Waals surface area contributed by atoms with Crippen molar-refractivity contribution in [3.63, 3.8) is 0 Å². The van der Waals surface area contributed by atoms with Gasteiger partial charge >= 0.3 is 7.12 Å². The fourth-order valence-electron chi connectivity index (χ4n) is 3.78. The molecule has 0 amide bonds. The highest BCUT2D eigenvalue weighted by Gasteiger charge is 2.52. The van der Waals surface area contributed by atoms with Crippen LogP contribution >= 0.6 is 0 Å². The third-order valence-electron chi connectivity index (χ3n) is 5.94. The van der Waals surface area contributed by atoms with Crippen molar-refractivity contribution in [2.45, 2.75) is 38.9 Å². The SMILES string of the molecule is CC1(C)OB(c2ccc3c4c(cccc24)-c2ccccc2O3)OC1(C)C. The molecule has 0 unspecified atom stereocenters. The minimum absolute atomic E-state index is 0.361. The molecule has 3 aromatic rings. The van der Waals surface area contributed by atoms with Crippen molar-refractivity contribution in [3.8, 4) is 22.6 Å². The van der Waals surface area contributed by atoms with Crippen LogP contribution in [0.1, 0.15) is 27.7 Å². The van der Waals surface area contributed by atoms with Crippen molar-refractivity contribution in [1.82, 2.24) is 0 Å². The fraction of sp³-hybridized carbons (Fsp3) is 0.273. The zero-order valence-electron chi connectivity index (χ0n) is 15.5. The van der Waals surface area contributed by atoms with Crippen LogP contribution in [0.25, 0.3) is 21.9 Å². The first-order chi connectivity index (χ1) is 12.4. The molecule has 2 heterocycles. The predicted octanol–water partition coefficient (Wildman–Crippen LogP) is 4.91. The van der Waals surface area contributed by atoms with Gasteiger partial charge in [-0.1, -0.05) is 42.5 Å². The van der Waals surface area contributed by atoms with E-state index in [1.807, 2.05) is 24.3 Å². The lowest BCUT2D eigenvalue weighted by Crippen LogP contribution is -2.41. The van der Waals surface area contributed by atoms with Crippen molar-refractivity contribution in [1.29, 1.82) is 0 Å². The molecule has 3 aromatic carbocycles. The van der Waals surface area contributed by atoms with Gasteiger partial charge in [-0.2, -0.15) is 0 Å². The van der Waals surface area contributed by atoms with E-state index in [2.05, 4.69) is 58.0 Å². The molecule has 130 valence electrons. The van der Waals surface area contributed by atoms with Gasteiger partial charge in [0.15, 0.2) is 0 Å². The van der Waals surface area contributed by atoms with Crippen molar-refractivity contribution in [2.75, 3.05) is 0 Å². The maximum Gasteiger partial charge on any atom is 0.495 e. The maximum absolute atomic E-state index is 6.30. The zero-order chi connectivity index (χ0) is 18.1. The molecule has 3 nitrogen and oxygen atoms in total. The molecular weight excluding hydrogens is 323 g/mol. The van der Waals surface area contributed by atoms with Crippen LogP contribution in [0.3, 0.4) is 0 Å². The number of ether oxygens (including phenoxy) is 1. The molecule has 1 fully saturated rings. The molecule has 0 saturated carbocycles. The standard InChI is InChI=1S/C22H21BO3/c1-21(2)22(3,4)26-23(25-21)17-12-13-19-20-15(9-7-10-16(17)20)14-8-5-6-11-18(14)24-19/h5-13H,1-4H3. The summed E-state index contributed by atoms with van der Waals surface area (Å²) in [6, 6.07) is 18.6. The smallest absolute Gasteiger partial charge is 0.456 e. The van der Waals surface area contributed by atoms with E-state index in [0.717, 1.165) is 33.3 Å². The van der Waals surface area contributed by atoms with E-state index in [1.54, 1.807) is 0 Å². The molecule has 2 aliphatic heterocycles. The van der Waals surface area contributed by atoms with E-state index in [-0.39, 0.29) is 18.3 Å². The molecule has 0 aromatic heterocycles. The minimum atomic E-state index is -0.388. The Hall–Kier alpha value is -2.30. The number of hydrogen-bond acceptors (Lipinski definition) is 3. The lowest BCUT2D eigenvalue weighted by atomic mass is 9.75. The lowest BCUT2D eigenvalue weighted by Gasteiger charge is -2.32. The van der Waals surface area contributed by atoms with Crippen LogP contribution in [0.5, 0.6) is 11.5 Å². The molecule has 2 aliphatic rings. The van der Waals surface area contributed by atoms with Crippen LogP contribution in [0, 0.1) is 0 Å². The van der Waals surface area contributed by atoms with Crippen molar-refractivity contribution >= 4 is 23.4 Å². The van der Waals surface area contributed by atoms with E-state index in [9.17, 15) is 0 Å². The summed E-state index contributed by atoms with van der Waals surface area (Å²) in [5.41, 5.74) is 2.64. The highest BCUT2D eigenvalue weighted by Crippen LogP contribution is 2.46. The number of rotatable bonds is 1. The van der Waals surface area contributed by atoms with E-state index in [0.29, 0.717) is 0 Å². The lowest BCUT2D eigenvalue weighted by molar-refractivity contribution is 0.00578. The molecule has 0 atom stereocenters. The number of fused-ring (bicyclic) bond motifs is 2. The van der Waals surface area contributed by atoms with Crippen LogP contribution < -0.4 is 10.2 Å². The quantitative estimate of drug-likeness (QED) is 0.459. The normalized spacial score (nSPS) is 19.3. The number of benzene rings is 3. The van der Waals surface area contributed by atoms with Gasteiger partial charge in [-0.15, -0.1) is 0 Å². The average molecular weight is 344 g/mol. The summed E-state index contributed by atoms with van der Waals surface area (Å²) < 4.78 is 18.8. The van der Waals surface area contributed by atoms with Gasteiger partial charge in [-0.3, -0.25) is 0 Å². The van der Waals surface area contributed by atoms with Crippen LogP contribution in [-0.2, 0) is 9.31 Å². The van der Waals surface area contributed by atoms with Crippen molar-refractivity contribution < 1.29 is 14.0 Å². The Labute approximate surface area is 154 Å². The molecule has 5 rings (SSSR count). The first kappa shape index (κ1) is 15.9. The topological polar surface area (TPSA) is 27.7 Å². The largest absolute Gasteiger partial charge is 0.495 e. The van der Waals surface area contributed by atoms with Crippen LogP contribution in [0.4, 0.5) is 0 Å². The van der Waals surface area contributed by atoms with Gasteiger partial charge in [0.2, 0.25) is 0 Å². The molecule has 0 radical (unpaired) electrons. The maximum atomic E-state index is 6.30. The summed E-state index contributed by atoms with van der Waals surface area (Å²) >= 11 is 0. The van der Waals surface area contributed by atoms with Crippen LogP contribution in [0.2, 0.25) is 0 Å². The van der Waals surface area contributed by atoms with E-state index in [4.69, 9.17) is 14.0 Å². The van der Waals surface area contributed by atoms with Gasteiger partial charge in [-0.25, -0.2) is 0 Å². The summed E-state index contributed by atoms with van der Waals surface area (Å²) in [5.74, 6) is 1.78. The summed E-state index contributed by atoms with van der Waals surface area (Å²) in [5, 5.41) is 2.24.